The molecule has 0 fully saturated rings. The zero-order chi connectivity index (χ0) is 22.0. The highest BCUT2D eigenvalue weighted by Gasteiger charge is 2.16. The average Bonchev–Trinajstić information content (AvgIpc) is 2.77. The Balaban J connectivity index is 1.76. The molecule has 0 aliphatic heterocycles. The Morgan fingerprint density at radius 2 is 1.58 bits per heavy atom. The van der Waals surface area contributed by atoms with Gasteiger partial charge in [-0.1, -0.05) is 65.7 Å². The van der Waals surface area contributed by atoms with Gasteiger partial charge >= 0.3 is 5.69 Å². The van der Waals surface area contributed by atoms with Crippen molar-refractivity contribution in [1.82, 2.24) is 9.13 Å². The van der Waals surface area contributed by atoms with E-state index in [1.54, 1.807) is 48.5 Å². The van der Waals surface area contributed by atoms with Crippen molar-refractivity contribution in [2.75, 3.05) is 5.32 Å². The molecule has 0 saturated carbocycles. The lowest BCUT2D eigenvalue weighted by molar-refractivity contribution is -0.116. The number of para-hydroxylation sites is 2. The van der Waals surface area contributed by atoms with E-state index >= 15 is 0 Å². The van der Waals surface area contributed by atoms with E-state index in [1.165, 1.54) is 4.57 Å². The molecule has 7 heteroatoms. The minimum atomic E-state index is -0.543. The molecule has 0 unspecified atom stereocenters. The lowest BCUT2D eigenvalue weighted by Crippen LogP contribution is -2.42. The molecule has 0 bridgehead atoms. The van der Waals surface area contributed by atoms with Gasteiger partial charge in [-0.05, 0) is 36.8 Å². The Morgan fingerprint density at radius 1 is 0.903 bits per heavy atom. The number of amides is 1. The minimum absolute atomic E-state index is 0.120. The van der Waals surface area contributed by atoms with Crippen molar-refractivity contribution in [3.8, 4) is 0 Å². The molecule has 0 aliphatic carbocycles. The van der Waals surface area contributed by atoms with Gasteiger partial charge in [0.15, 0.2) is 0 Å². The summed E-state index contributed by atoms with van der Waals surface area (Å²) >= 11 is 6.12. The molecule has 4 aromatic rings. The fourth-order valence-electron chi connectivity index (χ4n) is 3.44. The first-order valence-corrected chi connectivity index (χ1v) is 10.1. The predicted octanol–water partition coefficient (Wildman–Crippen LogP) is 3.81. The fourth-order valence-corrected chi connectivity index (χ4v) is 3.62. The number of halogens is 1. The topological polar surface area (TPSA) is 73.1 Å². The molecule has 0 saturated heterocycles. The molecule has 1 aromatic heterocycles. The summed E-state index contributed by atoms with van der Waals surface area (Å²) in [5, 5.41) is 3.50. The van der Waals surface area contributed by atoms with Gasteiger partial charge < -0.3 is 5.32 Å². The Bertz CT molecular complexity index is 1390. The number of hydrogen-bond donors (Lipinski definition) is 1. The number of fused-ring (bicyclic) bond motifs is 1. The molecule has 4 rings (SSSR count). The highest BCUT2D eigenvalue weighted by Crippen LogP contribution is 2.20. The van der Waals surface area contributed by atoms with Gasteiger partial charge in [-0.25, -0.2) is 4.79 Å². The number of nitrogens with one attached hydrogen (secondary N) is 1. The summed E-state index contributed by atoms with van der Waals surface area (Å²) in [5.74, 6) is -0.416. The van der Waals surface area contributed by atoms with Crippen molar-refractivity contribution in [2.45, 2.75) is 20.0 Å². The second-order valence-corrected chi connectivity index (χ2v) is 7.70. The van der Waals surface area contributed by atoms with Gasteiger partial charge in [0.05, 0.1) is 28.2 Å². The van der Waals surface area contributed by atoms with Crippen molar-refractivity contribution >= 4 is 34.1 Å². The smallest absolute Gasteiger partial charge is 0.323 e. The Morgan fingerprint density at radius 3 is 2.32 bits per heavy atom. The number of nitrogens with zero attached hydrogens (tertiary/aromatic N) is 2. The van der Waals surface area contributed by atoms with E-state index < -0.39 is 11.6 Å². The van der Waals surface area contributed by atoms with E-state index in [0.29, 0.717) is 21.6 Å². The molecular weight excluding hydrogens is 414 g/mol. The standard InChI is InChI=1S/C24H20ClN3O3/c1-16-10-12-17(13-11-16)14-28-23(30)18-6-2-5-9-21(18)27(24(28)31)15-22(29)26-20-8-4-3-7-19(20)25/h2-13H,14-15H2,1H3,(H,26,29). The van der Waals surface area contributed by atoms with Gasteiger partial charge in [-0.15, -0.1) is 0 Å². The van der Waals surface area contributed by atoms with E-state index in [2.05, 4.69) is 5.32 Å². The van der Waals surface area contributed by atoms with Gasteiger partial charge in [0, 0.05) is 0 Å². The zero-order valence-electron chi connectivity index (χ0n) is 16.8. The normalized spacial score (nSPS) is 10.9. The predicted molar refractivity (Wildman–Crippen MR) is 123 cm³/mol. The highest BCUT2D eigenvalue weighted by atomic mass is 35.5. The lowest BCUT2D eigenvalue weighted by atomic mass is 10.1. The summed E-state index contributed by atoms with van der Waals surface area (Å²) in [5.41, 5.74) is 1.85. The van der Waals surface area contributed by atoms with Crippen LogP contribution in [0.5, 0.6) is 0 Å². The lowest BCUT2D eigenvalue weighted by Gasteiger charge is -2.14. The van der Waals surface area contributed by atoms with E-state index in [9.17, 15) is 14.4 Å². The van der Waals surface area contributed by atoms with Gasteiger partial charge in [0.2, 0.25) is 5.91 Å². The van der Waals surface area contributed by atoms with Crippen LogP contribution in [0.25, 0.3) is 10.9 Å². The summed E-state index contributed by atoms with van der Waals surface area (Å²) in [4.78, 5) is 39.0. The van der Waals surface area contributed by atoms with E-state index in [1.807, 2.05) is 31.2 Å². The van der Waals surface area contributed by atoms with Crippen molar-refractivity contribution < 1.29 is 4.79 Å². The third-order valence-corrected chi connectivity index (χ3v) is 5.37. The summed E-state index contributed by atoms with van der Waals surface area (Å²) in [7, 11) is 0. The number of aryl methyl sites for hydroxylation is 1. The maximum Gasteiger partial charge on any atom is 0.332 e. The Hall–Kier alpha value is -3.64. The number of rotatable bonds is 5. The van der Waals surface area contributed by atoms with Crippen LogP contribution in [0.15, 0.2) is 82.4 Å². The minimum Gasteiger partial charge on any atom is -0.323 e. The summed E-state index contributed by atoms with van der Waals surface area (Å²) in [6.45, 7) is 1.84. The number of carbonyl (C=O) groups excluding carboxylic acids is 1. The van der Waals surface area contributed by atoms with E-state index in [-0.39, 0.29) is 18.6 Å². The fraction of sp³-hybridized carbons (Fsp3) is 0.125. The van der Waals surface area contributed by atoms with Crippen LogP contribution in [0.2, 0.25) is 5.02 Å². The quantitative estimate of drug-likeness (QED) is 0.520. The molecule has 156 valence electrons. The molecule has 6 nitrogen and oxygen atoms in total. The van der Waals surface area contributed by atoms with Crippen LogP contribution in [0.3, 0.4) is 0 Å². The molecule has 31 heavy (non-hydrogen) atoms. The Kier molecular flexibility index (Phi) is 5.73. The van der Waals surface area contributed by atoms with E-state index in [4.69, 9.17) is 11.6 Å². The third-order valence-electron chi connectivity index (χ3n) is 5.04. The average molecular weight is 434 g/mol. The number of anilines is 1. The first-order chi connectivity index (χ1) is 14.9. The SMILES string of the molecule is Cc1ccc(Cn2c(=O)c3ccccc3n(CC(=O)Nc3ccccc3Cl)c2=O)cc1. The van der Waals surface area contributed by atoms with Crippen molar-refractivity contribution in [3.63, 3.8) is 0 Å². The number of carbonyl (C=O) groups is 1. The van der Waals surface area contributed by atoms with Gasteiger partial charge in [-0.2, -0.15) is 0 Å². The third kappa shape index (κ3) is 4.29. The summed E-state index contributed by atoms with van der Waals surface area (Å²) in [6, 6.07) is 21.3. The second kappa shape index (κ2) is 8.62. The Labute approximate surface area is 183 Å². The van der Waals surface area contributed by atoms with Crippen LogP contribution in [-0.2, 0) is 17.9 Å². The second-order valence-electron chi connectivity index (χ2n) is 7.29. The monoisotopic (exact) mass is 433 g/mol. The number of benzene rings is 3. The molecule has 1 amide bonds. The van der Waals surface area contributed by atoms with Gasteiger partial charge in [0.25, 0.3) is 5.56 Å². The van der Waals surface area contributed by atoms with Crippen LogP contribution in [0.4, 0.5) is 5.69 Å². The first-order valence-electron chi connectivity index (χ1n) is 9.76. The van der Waals surface area contributed by atoms with Crippen molar-refractivity contribution in [3.05, 3.63) is 110 Å². The maximum absolute atomic E-state index is 13.2. The van der Waals surface area contributed by atoms with E-state index in [0.717, 1.165) is 15.7 Å². The molecule has 1 N–H and O–H groups in total. The van der Waals surface area contributed by atoms with Crippen LogP contribution in [0, 0.1) is 6.92 Å². The van der Waals surface area contributed by atoms with Crippen LogP contribution < -0.4 is 16.6 Å². The first kappa shape index (κ1) is 20.6. The number of aromatic nitrogens is 2. The zero-order valence-corrected chi connectivity index (χ0v) is 17.6. The molecule has 1 heterocycles. The van der Waals surface area contributed by atoms with Crippen LogP contribution >= 0.6 is 11.6 Å². The summed E-state index contributed by atoms with van der Waals surface area (Å²) < 4.78 is 2.48. The van der Waals surface area contributed by atoms with Crippen molar-refractivity contribution in [1.29, 1.82) is 0 Å². The molecule has 3 aromatic carbocycles. The molecule has 0 aliphatic rings. The van der Waals surface area contributed by atoms with Crippen molar-refractivity contribution in [2.24, 2.45) is 0 Å². The maximum atomic E-state index is 13.2. The summed E-state index contributed by atoms with van der Waals surface area (Å²) in [6.07, 6.45) is 0. The highest BCUT2D eigenvalue weighted by molar-refractivity contribution is 6.33. The molecule has 0 spiro atoms. The van der Waals surface area contributed by atoms with Gasteiger partial charge in [0.1, 0.15) is 6.54 Å². The van der Waals surface area contributed by atoms with Gasteiger partial charge in [-0.3, -0.25) is 18.7 Å². The van der Waals surface area contributed by atoms with Crippen LogP contribution in [0.1, 0.15) is 11.1 Å². The molecule has 0 atom stereocenters. The largest absolute Gasteiger partial charge is 0.332 e. The number of hydrogen-bond acceptors (Lipinski definition) is 3. The van der Waals surface area contributed by atoms with Crippen LogP contribution in [-0.4, -0.2) is 15.0 Å². The molecule has 0 radical (unpaired) electrons. The molecular formula is C24H20ClN3O3.